The van der Waals surface area contributed by atoms with Crippen LogP contribution < -0.4 is 0 Å². The molecular weight excluding hydrogens is 222 g/mol. The minimum absolute atomic E-state index is 0.00691. The quantitative estimate of drug-likeness (QED) is 0.812. The van der Waals surface area contributed by atoms with Crippen molar-refractivity contribution in [2.75, 3.05) is 0 Å². The van der Waals surface area contributed by atoms with E-state index >= 15 is 0 Å². The maximum Gasteiger partial charge on any atom is 0.305 e. The summed E-state index contributed by atoms with van der Waals surface area (Å²) < 4.78 is 11.7. The third kappa shape index (κ3) is 2.96. The third-order valence-corrected chi connectivity index (χ3v) is 3.38. The molecule has 1 N–H and O–H groups in total. The summed E-state index contributed by atoms with van der Waals surface area (Å²) in [7, 11) is 0. The van der Waals surface area contributed by atoms with Gasteiger partial charge in [0.1, 0.15) is 0 Å². The first kappa shape index (κ1) is 12.3. The summed E-state index contributed by atoms with van der Waals surface area (Å²) in [6.07, 6.45) is 4.00. The second-order valence-corrected chi connectivity index (χ2v) is 4.79. The Hall–Kier alpha value is -1.12. The minimum Gasteiger partial charge on any atom is -0.481 e. The Bertz CT molecular complexity index is 330. The summed E-state index contributed by atoms with van der Waals surface area (Å²) in [6.45, 7) is 0. The highest BCUT2D eigenvalue weighted by Gasteiger charge is 2.44. The molecule has 0 aromatic carbocycles. The molecule has 1 spiro atoms. The van der Waals surface area contributed by atoms with E-state index in [0.717, 1.165) is 25.7 Å². The van der Waals surface area contributed by atoms with Gasteiger partial charge in [-0.1, -0.05) is 0 Å². The smallest absolute Gasteiger partial charge is 0.305 e. The standard InChI is InChI=1S/C12H17NO4/c13-6-3-9-7-10(8-11(14)15)17-12(16-9)4-1-2-5-12/h9-10H,1-5,7-8H2,(H,14,15). The summed E-state index contributed by atoms with van der Waals surface area (Å²) >= 11 is 0. The normalized spacial score (nSPS) is 31.2. The first-order chi connectivity index (χ1) is 8.13. The number of aliphatic carboxylic acids is 1. The van der Waals surface area contributed by atoms with Crippen LogP contribution in [0.15, 0.2) is 0 Å². The van der Waals surface area contributed by atoms with Gasteiger partial charge in [-0.25, -0.2) is 0 Å². The molecule has 1 saturated heterocycles. The van der Waals surface area contributed by atoms with Gasteiger partial charge in [0.15, 0.2) is 5.79 Å². The molecule has 2 rings (SSSR count). The van der Waals surface area contributed by atoms with Crippen LogP contribution in [0.1, 0.15) is 44.9 Å². The van der Waals surface area contributed by atoms with E-state index in [-0.39, 0.29) is 18.6 Å². The molecule has 1 heterocycles. The molecule has 2 aliphatic rings. The van der Waals surface area contributed by atoms with Gasteiger partial charge in [0.2, 0.25) is 0 Å². The zero-order valence-corrected chi connectivity index (χ0v) is 9.72. The molecule has 0 amide bonds. The van der Waals surface area contributed by atoms with Gasteiger partial charge >= 0.3 is 5.97 Å². The molecule has 0 bridgehead atoms. The predicted molar refractivity (Wildman–Crippen MR) is 58.0 cm³/mol. The Balaban J connectivity index is 2.04. The molecule has 5 nitrogen and oxygen atoms in total. The van der Waals surface area contributed by atoms with Crippen molar-refractivity contribution in [2.24, 2.45) is 0 Å². The van der Waals surface area contributed by atoms with Crippen LogP contribution in [0.2, 0.25) is 0 Å². The Labute approximate surface area is 100 Å². The molecule has 1 aliphatic carbocycles. The number of hydrogen-bond acceptors (Lipinski definition) is 4. The topological polar surface area (TPSA) is 79.6 Å². The van der Waals surface area contributed by atoms with Crippen molar-refractivity contribution < 1.29 is 19.4 Å². The van der Waals surface area contributed by atoms with E-state index in [1.807, 2.05) is 0 Å². The largest absolute Gasteiger partial charge is 0.481 e. The van der Waals surface area contributed by atoms with Crippen molar-refractivity contribution in [3.8, 4) is 6.07 Å². The SMILES string of the molecule is N#CCC1CC(CC(=O)O)OC2(CCCC2)O1. The van der Waals surface area contributed by atoms with Gasteiger partial charge in [-0.05, 0) is 12.8 Å². The van der Waals surface area contributed by atoms with Crippen molar-refractivity contribution >= 4 is 5.97 Å². The number of carboxylic acid groups (broad SMARTS) is 1. The van der Waals surface area contributed by atoms with Crippen LogP contribution >= 0.6 is 0 Å². The van der Waals surface area contributed by atoms with Gasteiger partial charge in [-0.2, -0.15) is 5.26 Å². The second kappa shape index (κ2) is 5.03. The molecule has 1 aliphatic heterocycles. The highest BCUT2D eigenvalue weighted by molar-refractivity contribution is 5.67. The maximum absolute atomic E-state index is 10.7. The number of hydrogen-bond donors (Lipinski definition) is 1. The molecular formula is C12H17NO4. The van der Waals surface area contributed by atoms with E-state index in [9.17, 15) is 4.79 Å². The first-order valence-electron chi connectivity index (χ1n) is 6.08. The van der Waals surface area contributed by atoms with Crippen LogP contribution in [0, 0.1) is 11.3 Å². The molecule has 2 atom stereocenters. The summed E-state index contributed by atoms with van der Waals surface area (Å²) in [6, 6.07) is 2.09. The Kier molecular flexibility index (Phi) is 3.65. The molecule has 0 radical (unpaired) electrons. The van der Waals surface area contributed by atoms with Crippen LogP contribution in [0.3, 0.4) is 0 Å². The van der Waals surface area contributed by atoms with E-state index in [1.165, 1.54) is 0 Å². The van der Waals surface area contributed by atoms with Crippen molar-refractivity contribution in [3.05, 3.63) is 0 Å². The lowest BCUT2D eigenvalue weighted by Crippen LogP contribution is -2.47. The van der Waals surface area contributed by atoms with Crippen LogP contribution in [0.4, 0.5) is 0 Å². The number of nitriles is 1. The Morgan fingerprint density at radius 2 is 2.00 bits per heavy atom. The van der Waals surface area contributed by atoms with Gasteiger partial charge < -0.3 is 14.6 Å². The predicted octanol–water partition coefficient (Wildman–Crippen LogP) is 1.82. The average Bonchev–Trinajstić information content (AvgIpc) is 2.64. The lowest BCUT2D eigenvalue weighted by atomic mass is 10.0. The zero-order chi connectivity index (χ0) is 12.3. The van der Waals surface area contributed by atoms with E-state index in [0.29, 0.717) is 12.8 Å². The van der Waals surface area contributed by atoms with Crippen LogP contribution in [-0.4, -0.2) is 29.1 Å². The highest BCUT2D eigenvalue weighted by Crippen LogP contribution is 2.41. The molecule has 94 valence electrons. The first-order valence-corrected chi connectivity index (χ1v) is 6.08. The number of rotatable bonds is 3. The van der Waals surface area contributed by atoms with Gasteiger partial charge in [0, 0.05) is 19.3 Å². The van der Waals surface area contributed by atoms with E-state index in [1.54, 1.807) is 0 Å². The lowest BCUT2D eigenvalue weighted by molar-refractivity contribution is -0.313. The summed E-state index contributed by atoms with van der Waals surface area (Å²) in [5.41, 5.74) is 0. The molecule has 0 aromatic rings. The van der Waals surface area contributed by atoms with Crippen molar-refractivity contribution in [3.63, 3.8) is 0 Å². The molecule has 5 heteroatoms. The molecule has 17 heavy (non-hydrogen) atoms. The zero-order valence-electron chi connectivity index (χ0n) is 9.72. The fourth-order valence-corrected chi connectivity index (χ4v) is 2.72. The van der Waals surface area contributed by atoms with Crippen molar-refractivity contribution in [1.82, 2.24) is 0 Å². The van der Waals surface area contributed by atoms with Crippen molar-refractivity contribution in [1.29, 1.82) is 5.26 Å². The molecule has 2 unspecified atom stereocenters. The fourth-order valence-electron chi connectivity index (χ4n) is 2.72. The fraction of sp³-hybridized carbons (Fsp3) is 0.833. The van der Waals surface area contributed by atoms with Crippen LogP contribution in [0.5, 0.6) is 0 Å². The summed E-state index contributed by atoms with van der Waals surface area (Å²) in [5.74, 6) is -1.47. The van der Waals surface area contributed by atoms with E-state index < -0.39 is 11.8 Å². The number of ether oxygens (including phenoxy) is 2. The number of nitrogens with zero attached hydrogens (tertiary/aromatic N) is 1. The molecule has 2 fully saturated rings. The van der Waals surface area contributed by atoms with E-state index in [2.05, 4.69) is 6.07 Å². The lowest BCUT2D eigenvalue weighted by Gasteiger charge is -2.42. The Morgan fingerprint density at radius 3 is 2.59 bits per heavy atom. The third-order valence-electron chi connectivity index (χ3n) is 3.38. The molecule has 0 aromatic heterocycles. The van der Waals surface area contributed by atoms with Gasteiger partial charge in [0.25, 0.3) is 0 Å². The summed E-state index contributed by atoms with van der Waals surface area (Å²) in [5, 5.41) is 17.6. The number of carbonyl (C=O) groups is 1. The Morgan fingerprint density at radius 1 is 1.35 bits per heavy atom. The van der Waals surface area contributed by atoms with Gasteiger partial charge in [0.05, 0.1) is 31.1 Å². The number of carboxylic acids is 1. The van der Waals surface area contributed by atoms with Crippen LogP contribution in [0.25, 0.3) is 0 Å². The van der Waals surface area contributed by atoms with Gasteiger partial charge in [-0.15, -0.1) is 0 Å². The van der Waals surface area contributed by atoms with Crippen LogP contribution in [-0.2, 0) is 14.3 Å². The monoisotopic (exact) mass is 239 g/mol. The van der Waals surface area contributed by atoms with Gasteiger partial charge in [-0.3, -0.25) is 4.79 Å². The highest BCUT2D eigenvalue weighted by atomic mass is 16.7. The maximum atomic E-state index is 10.7. The average molecular weight is 239 g/mol. The van der Waals surface area contributed by atoms with E-state index in [4.69, 9.17) is 19.8 Å². The second-order valence-electron chi connectivity index (χ2n) is 4.79. The molecule has 1 saturated carbocycles. The minimum atomic E-state index is -0.860. The van der Waals surface area contributed by atoms with Crippen molar-refractivity contribution in [2.45, 2.75) is 62.9 Å². The summed E-state index contributed by atoms with van der Waals surface area (Å²) in [4.78, 5) is 10.7.